The molecular weight excluding hydrogens is 278 g/mol. The van der Waals surface area contributed by atoms with E-state index in [2.05, 4.69) is 19.5 Å². The van der Waals surface area contributed by atoms with Gasteiger partial charge in [-0.3, -0.25) is 4.79 Å². The average Bonchev–Trinajstić information content (AvgIpc) is 2.98. The monoisotopic (exact) mass is 299 g/mol. The number of aromatic nitrogens is 4. The third-order valence-corrected chi connectivity index (χ3v) is 4.02. The van der Waals surface area contributed by atoms with Crippen LogP contribution in [0, 0.1) is 19.8 Å². The number of hydrogen-bond donors (Lipinski definition) is 0. The molecule has 6 heteroatoms. The van der Waals surface area contributed by atoms with Gasteiger partial charge in [0.05, 0.1) is 6.33 Å². The first-order valence-electron chi connectivity index (χ1n) is 7.69. The molecule has 22 heavy (non-hydrogen) atoms. The largest absolute Gasteiger partial charge is 0.337 e. The Labute approximate surface area is 130 Å². The normalized spacial score (nSPS) is 18.5. The van der Waals surface area contributed by atoms with E-state index < -0.39 is 0 Å². The third kappa shape index (κ3) is 3.32. The van der Waals surface area contributed by atoms with E-state index in [0.29, 0.717) is 17.4 Å². The average molecular weight is 299 g/mol. The van der Waals surface area contributed by atoms with Gasteiger partial charge >= 0.3 is 0 Å². The molecule has 1 atom stereocenters. The fourth-order valence-electron chi connectivity index (χ4n) is 3.08. The van der Waals surface area contributed by atoms with Crippen LogP contribution in [0.25, 0.3) is 0 Å². The van der Waals surface area contributed by atoms with Crippen molar-refractivity contribution in [3.63, 3.8) is 0 Å². The van der Waals surface area contributed by atoms with Crippen molar-refractivity contribution in [2.75, 3.05) is 13.1 Å². The molecule has 1 unspecified atom stereocenters. The maximum Gasteiger partial charge on any atom is 0.272 e. The zero-order valence-electron chi connectivity index (χ0n) is 13.1. The van der Waals surface area contributed by atoms with Gasteiger partial charge in [0, 0.05) is 37.7 Å². The summed E-state index contributed by atoms with van der Waals surface area (Å²) in [6.45, 7) is 6.21. The highest BCUT2D eigenvalue weighted by Gasteiger charge is 2.25. The van der Waals surface area contributed by atoms with Crippen molar-refractivity contribution in [3.8, 4) is 0 Å². The maximum absolute atomic E-state index is 12.7. The van der Waals surface area contributed by atoms with E-state index in [1.54, 1.807) is 12.3 Å². The van der Waals surface area contributed by atoms with Gasteiger partial charge in [0.2, 0.25) is 0 Å². The van der Waals surface area contributed by atoms with Crippen molar-refractivity contribution < 1.29 is 4.79 Å². The van der Waals surface area contributed by atoms with E-state index in [1.165, 1.54) is 0 Å². The van der Waals surface area contributed by atoms with Crippen LogP contribution in [0.4, 0.5) is 0 Å². The minimum atomic E-state index is 0.0175. The summed E-state index contributed by atoms with van der Waals surface area (Å²) >= 11 is 0. The molecule has 1 amide bonds. The molecule has 0 saturated carbocycles. The molecule has 0 aromatic carbocycles. The van der Waals surface area contributed by atoms with E-state index in [4.69, 9.17) is 0 Å². The Morgan fingerprint density at radius 1 is 1.36 bits per heavy atom. The molecule has 1 fully saturated rings. The first-order valence-corrected chi connectivity index (χ1v) is 7.69. The molecule has 1 saturated heterocycles. The van der Waals surface area contributed by atoms with Crippen LogP contribution in [0.2, 0.25) is 0 Å². The number of piperidine rings is 1. The lowest BCUT2D eigenvalue weighted by Crippen LogP contribution is -2.41. The summed E-state index contributed by atoms with van der Waals surface area (Å²) < 4.78 is 2.08. The lowest BCUT2D eigenvalue weighted by Gasteiger charge is -2.32. The van der Waals surface area contributed by atoms with Crippen LogP contribution in [0.5, 0.6) is 0 Å². The summed E-state index contributed by atoms with van der Waals surface area (Å²) in [6.07, 6.45) is 7.77. The molecule has 1 aliphatic heterocycles. The second-order valence-electron chi connectivity index (χ2n) is 5.96. The second-order valence-corrected chi connectivity index (χ2v) is 5.96. The quantitative estimate of drug-likeness (QED) is 0.867. The zero-order valence-corrected chi connectivity index (χ0v) is 13.1. The highest BCUT2D eigenvalue weighted by atomic mass is 16.2. The van der Waals surface area contributed by atoms with Gasteiger partial charge in [-0.1, -0.05) is 0 Å². The Bertz CT molecular complexity index is 632. The summed E-state index contributed by atoms with van der Waals surface area (Å²) in [5.74, 6) is 1.13. The number of amides is 1. The van der Waals surface area contributed by atoms with Crippen molar-refractivity contribution in [1.82, 2.24) is 24.4 Å². The molecule has 2 aromatic rings. The highest BCUT2D eigenvalue weighted by molar-refractivity contribution is 5.92. The third-order valence-electron chi connectivity index (χ3n) is 4.02. The van der Waals surface area contributed by atoms with Gasteiger partial charge in [-0.15, -0.1) is 0 Å². The van der Waals surface area contributed by atoms with Crippen molar-refractivity contribution >= 4 is 5.91 Å². The molecule has 3 rings (SSSR count). The number of likely N-dealkylation sites (tertiary alicyclic amines) is 1. The molecule has 3 heterocycles. The van der Waals surface area contributed by atoms with Crippen LogP contribution in [0.15, 0.2) is 24.8 Å². The first-order chi connectivity index (χ1) is 10.6. The van der Waals surface area contributed by atoms with Gasteiger partial charge in [0.25, 0.3) is 5.91 Å². The van der Waals surface area contributed by atoms with Crippen molar-refractivity contribution in [2.24, 2.45) is 5.92 Å². The van der Waals surface area contributed by atoms with Gasteiger partial charge in [0.1, 0.15) is 11.5 Å². The number of carbonyl (C=O) groups excluding carboxylic acids is 1. The second kappa shape index (κ2) is 6.25. The van der Waals surface area contributed by atoms with Crippen LogP contribution in [-0.2, 0) is 6.54 Å². The lowest BCUT2D eigenvalue weighted by molar-refractivity contribution is 0.0655. The molecular formula is C16H21N5O. The smallest absolute Gasteiger partial charge is 0.272 e. The van der Waals surface area contributed by atoms with E-state index in [1.807, 2.05) is 31.3 Å². The van der Waals surface area contributed by atoms with Gasteiger partial charge in [-0.25, -0.2) is 15.0 Å². The van der Waals surface area contributed by atoms with Crippen LogP contribution in [0.1, 0.15) is 34.8 Å². The van der Waals surface area contributed by atoms with Crippen molar-refractivity contribution in [3.05, 3.63) is 42.0 Å². The summed E-state index contributed by atoms with van der Waals surface area (Å²) in [5.41, 5.74) is 1.34. The number of hydrogen-bond acceptors (Lipinski definition) is 4. The fraction of sp³-hybridized carbons (Fsp3) is 0.500. The standard InChI is InChI=1S/C16H21N5O/c1-12-8-15(19-13(2)18-12)16(22)21-6-3-4-14(10-21)9-20-7-5-17-11-20/h5,7-8,11,14H,3-4,6,9-10H2,1-2H3. The molecule has 0 radical (unpaired) electrons. The van der Waals surface area contributed by atoms with Crippen LogP contribution in [0.3, 0.4) is 0 Å². The molecule has 0 bridgehead atoms. The summed E-state index contributed by atoms with van der Waals surface area (Å²) in [4.78, 5) is 27.2. The van der Waals surface area contributed by atoms with Gasteiger partial charge in [-0.05, 0) is 38.7 Å². The molecule has 0 aliphatic carbocycles. The molecule has 2 aromatic heterocycles. The van der Waals surface area contributed by atoms with Crippen LogP contribution in [-0.4, -0.2) is 43.4 Å². The zero-order chi connectivity index (χ0) is 15.5. The topological polar surface area (TPSA) is 63.9 Å². The lowest BCUT2D eigenvalue weighted by atomic mass is 9.97. The van der Waals surface area contributed by atoms with Crippen molar-refractivity contribution in [1.29, 1.82) is 0 Å². The number of aryl methyl sites for hydroxylation is 2. The Morgan fingerprint density at radius 3 is 2.95 bits per heavy atom. The summed E-state index contributed by atoms with van der Waals surface area (Å²) in [7, 11) is 0. The summed E-state index contributed by atoms with van der Waals surface area (Å²) in [6, 6.07) is 1.77. The predicted octanol–water partition coefficient (Wildman–Crippen LogP) is 1.84. The van der Waals surface area contributed by atoms with E-state index in [0.717, 1.165) is 38.2 Å². The van der Waals surface area contributed by atoms with E-state index in [9.17, 15) is 4.79 Å². The van der Waals surface area contributed by atoms with E-state index in [-0.39, 0.29) is 5.91 Å². The first kappa shape index (κ1) is 14.7. The molecule has 1 aliphatic rings. The highest BCUT2D eigenvalue weighted by Crippen LogP contribution is 2.20. The Morgan fingerprint density at radius 2 is 2.23 bits per heavy atom. The fourth-order valence-corrected chi connectivity index (χ4v) is 3.08. The van der Waals surface area contributed by atoms with Crippen molar-refractivity contribution in [2.45, 2.75) is 33.2 Å². The maximum atomic E-state index is 12.7. The molecule has 6 nitrogen and oxygen atoms in total. The Hall–Kier alpha value is -2.24. The van der Waals surface area contributed by atoms with E-state index >= 15 is 0 Å². The van der Waals surface area contributed by atoms with Gasteiger partial charge in [0.15, 0.2) is 0 Å². The van der Waals surface area contributed by atoms with Crippen LogP contribution < -0.4 is 0 Å². The molecule has 116 valence electrons. The predicted molar refractivity (Wildman–Crippen MR) is 82.4 cm³/mol. The van der Waals surface area contributed by atoms with Gasteiger partial charge < -0.3 is 9.47 Å². The minimum Gasteiger partial charge on any atom is -0.337 e. The number of nitrogens with zero attached hydrogens (tertiary/aromatic N) is 5. The number of rotatable bonds is 3. The molecule has 0 spiro atoms. The SMILES string of the molecule is Cc1cc(C(=O)N2CCCC(Cn3ccnc3)C2)nc(C)n1. The minimum absolute atomic E-state index is 0.0175. The number of carbonyl (C=O) groups is 1. The van der Waals surface area contributed by atoms with Crippen LogP contribution >= 0.6 is 0 Å². The van der Waals surface area contributed by atoms with Gasteiger partial charge in [-0.2, -0.15) is 0 Å². The molecule has 0 N–H and O–H groups in total. The Balaban J connectivity index is 1.69. The number of imidazole rings is 1. The Kier molecular flexibility index (Phi) is 4.18. The summed E-state index contributed by atoms with van der Waals surface area (Å²) in [5, 5.41) is 0.